The van der Waals surface area contributed by atoms with Gasteiger partial charge >= 0.3 is 5.97 Å². The van der Waals surface area contributed by atoms with Crippen molar-refractivity contribution in [2.24, 2.45) is 5.92 Å². The third kappa shape index (κ3) is 2.55. The van der Waals surface area contributed by atoms with Gasteiger partial charge in [-0.2, -0.15) is 0 Å². The first-order valence-corrected chi connectivity index (χ1v) is 6.07. The van der Waals surface area contributed by atoms with Crippen LogP contribution in [-0.2, 0) is 14.3 Å². The van der Waals surface area contributed by atoms with Crippen LogP contribution in [0.25, 0.3) is 0 Å². The van der Waals surface area contributed by atoms with Gasteiger partial charge in [-0.3, -0.25) is 0 Å². The Labute approximate surface area is 96.9 Å². The van der Waals surface area contributed by atoms with Gasteiger partial charge in [0.2, 0.25) is 0 Å². The SMILES string of the molecule is CCCC(O)(C(=O)OCC)C1CCOC1C. The maximum atomic E-state index is 11.9. The van der Waals surface area contributed by atoms with Gasteiger partial charge in [-0.25, -0.2) is 4.79 Å². The Balaban J connectivity index is 2.81. The van der Waals surface area contributed by atoms with Crippen LogP contribution in [0, 0.1) is 5.92 Å². The lowest BCUT2D eigenvalue weighted by atomic mass is 9.80. The first kappa shape index (κ1) is 13.5. The van der Waals surface area contributed by atoms with Gasteiger partial charge in [-0.15, -0.1) is 0 Å². The molecule has 3 atom stereocenters. The van der Waals surface area contributed by atoms with E-state index in [1.165, 1.54) is 0 Å². The molecule has 0 saturated carbocycles. The number of rotatable bonds is 5. The van der Waals surface area contributed by atoms with E-state index < -0.39 is 11.6 Å². The van der Waals surface area contributed by atoms with Gasteiger partial charge < -0.3 is 14.6 Å². The molecule has 94 valence electrons. The highest BCUT2D eigenvalue weighted by atomic mass is 16.6. The molecule has 0 aromatic heterocycles. The van der Waals surface area contributed by atoms with Crippen LogP contribution in [0.15, 0.2) is 0 Å². The summed E-state index contributed by atoms with van der Waals surface area (Å²) in [4.78, 5) is 11.9. The zero-order chi connectivity index (χ0) is 12.2. The van der Waals surface area contributed by atoms with E-state index in [9.17, 15) is 9.90 Å². The van der Waals surface area contributed by atoms with E-state index in [0.717, 1.165) is 12.8 Å². The Bertz CT molecular complexity index is 241. The lowest BCUT2D eigenvalue weighted by Crippen LogP contribution is -2.49. The van der Waals surface area contributed by atoms with Crippen molar-refractivity contribution in [2.75, 3.05) is 13.2 Å². The van der Waals surface area contributed by atoms with Crippen molar-refractivity contribution in [1.82, 2.24) is 0 Å². The molecule has 0 aromatic rings. The van der Waals surface area contributed by atoms with Crippen molar-refractivity contribution in [3.63, 3.8) is 0 Å². The molecule has 0 aliphatic carbocycles. The molecule has 1 fully saturated rings. The second kappa shape index (κ2) is 5.64. The Hall–Kier alpha value is -0.610. The van der Waals surface area contributed by atoms with Crippen LogP contribution in [0.2, 0.25) is 0 Å². The average Bonchev–Trinajstić information content (AvgIpc) is 2.65. The monoisotopic (exact) mass is 230 g/mol. The maximum Gasteiger partial charge on any atom is 0.338 e. The molecule has 1 aliphatic heterocycles. The van der Waals surface area contributed by atoms with Crippen LogP contribution in [0.1, 0.15) is 40.0 Å². The molecule has 4 nitrogen and oxygen atoms in total. The van der Waals surface area contributed by atoms with Crippen molar-refractivity contribution < 1.29 is 19.4 Å². The Morgan fingerprint density at radius 2 is 2.25 bits per heavy atom. The third-order valence-electron chi connectivity index (χ3n) is 3.25. The van der Waals surface area contributed by atoms with E-state index in [1.54, 1.807) is 6.92 Å². The van der Waals surface area contributed by atoms with E-state index >= 15 is 0 Å². The molecule has 1 rings (SSSR count). The molecule has 0 aromatic carbocycles. The Morgan fingerprint density at radius 1 is 1.56 bits per heavy atom. The summed E-state index contributed by atoms with van der Waals surface area (Å²) in [6, 6.07) is 0. The molecule has 0 bridgehead atoms. The van der Waals surface area contributed by atoms with Gasteiger partial charge in [0.05, 0.1) is 12.7 Å². The third-order valence-corrected chi connectivity index (χ3v) is 3.25. The molecule has 16 heavy (non-hydrogen) atoms. The summed E-state index contributed by atoms with van der Waals surface area (Å²) in [5.74, 6) is -0.648. The minimum atomic E-state index is -1.37. The van der Waals surface area contributed by atoms with Crippen LogP contribution < -0.4 is 0 Å². The van der Waals surface area contributed by atoms with E-state index in [2.05, 4.69) is 0 Å². The highest BCUT2D eigenvalue weighted by Gasteiger charge is 2.49. The van der Waals surface area contributed by atoms with Gasteiger partial charge in [-0.05, 0) is 26.7 Å². The van der Waals surface area contributed by atoms with Gasteiger partial charge in [0, 0.05) is 12.5 Å². The Morgan fingerprint density at radius 3 is 2.69 bits per heavy atom. The van der Waals surface area contributed by atoms with Crippen LogP contribution >= 0.6 is 0 Å². The quantitative estimate of drug-likeness (QED) is 0.727. The van der Waals surface area contributed by atoms with Crippen molar-refractivity contribution in [1.29, 1.82) is 0 Å². The fourth-order valence-corrected chi connectivity index (χ4v) is 2.43. The smallest absolute Gasteiger partial charge is 0.338 e. The lowest BCUT2D eigenvalue weighted by Gasteiger charge is -2.32. The van der Waals surface area contributed by atoms with Crippen LogP contribution in [0.4, 0.5) is 0 Å². The van der Waals surface area contributed by atoms with Gasteiger partial charge in [0.15, 0.2) is 5.60 Å². The summed E-state index contributed by atoms with van der Waals surface area (Å²) < 4.78 is 10.4. The van der Waals surface area contributed by atoms with Crippen molar-refractivity contribution in [2.45, 2.75) is 51.7 Å². The first-order chi connectivity index (χ1) is 7.56. The Kier molecular flexibility index (Phi) is 4.74. The van der Waals surface area contributed by atoms with E-state index in [1.807, 2.05) is 13.8 Å². The van der Waals surface area contributed by atoms with E-state index in [4.69, 9.17) is 9.47 Å². The number of carbonyl (C=O) groups is 1. The minimum absolute atomic E-state index is 0.0824. The predicted molar refractivity (Wildman–Crippen MR) is 60.0 cm³/mol. The normalized spacial score (nSPS) is 28.8. The van der Waals surface area contributed by atoms with Crippen LogP contribution in [0.3, 0.4) is 0 Å². The van der Waals surface area contributed by atoms with Crippen LogP contribution in [-0.4, -0.2) is 36.0 Å². The molecule has 3 unspecified atom stereocenters. The first-order valence-electron chi connectivity index (χ1n) is 6.07. The second-order valence-electron chi connectivity index (χ2n) is 4.37. The van der Waals surface area contributed by atoms with E-state index in [-0.39, 0.29) is 12.0 Å². The van der Waals surface area contributed by atoms with Crippen molar-refractivity contribution in [3.8, 4) is 0 Å². The minimum Gasteiger partial charge on any atom is -0.464 e. The van der Waals surface area contributed by atoms with Crippen molar-refractivity contribution >= 4 is 5.97 Å². The number of aliphatic hydroxyl groups is 1. The average molecular weight is 230 g/mol. The van der Waals surface area contributed by atoms with Crippen LogP contribution in [0.5, 0.6) is 0 Å². The fraction of sp³-hybridized carbons (Fsp3) is 0.917. The summed E-state index contributed by atoms with van der Waals surface area (Å²) in [5.41, 5.74) is -1.37. The zero-order valence-electron chi connectivity index (χ0n) is 10.4. The zero-order valence-corrected chi connectivity index (χ0v) is 10.4. The largest absolute Gasteiger partial charge is 0.464 e. The molecule has 1 aliphatic rings. The number of carbonyl (C=O) groups excluding carboxylic acids is 1. The van der Waals surface area contributed by atoms with Gasteiger partial charge in [0.1, 0.15) is 0 Å². The van der Waals surface area contributed by atoms with Gasteiger partial charge in [-0.1, -0.05) is 13.3 Å². The summed E-state index contributed by atoms with van der Waals surface area (Å²) in [6.45, 7) is 6.51. The molecule has 1 saturated heterocycles. The molecular weight excluding hydrogens is 208 g/mol. The summed E-state index contributed by atoms with van der Waals surface area (Å²) in [7, 11) is 0. The molecule has 0 radical (unpaired) electrons. The molecule has 0 spiro atoms. The predicted octanol–water partition coefficient (Wildman–Crippen LogP) is 1.51. The molecule has 4 heteroatoms. The summed E-state index contributed by atoms with van der Waals surface area (Å²) >= 11 is 0. The highest BCUT2D eigenvalue weighted by molar-refractivity contribution is 5.79. The standard InChI is InChI=1S/C12H22O4/c1-4-7-12(14,11(13)15-5-2)10-6-8-16-9(10)3/h9-10,14H,4-8H2,1-3H3. The number of hydrogen-bond acceptors (Lipinski definition) is 4. The van der Waals surface area contributed by atoms with Crippen molar-refractivity contribution in [3.05, 3.63) is 0 Å². The molecule has 1 N–H and O–H groups in total. The lowest BCUT2D eigenvalue weighted by molar-refractivity contribution is -0.175. The highest BCUT2D eigenvalue weighted by Crippen LogP contribution is 2.35. The number of ether oxygens (including phenoxy) is 2. The molecule has 0 amide bonds. The molecule has 1 heterocycles. The second-order valence-corrected chi connectivity index (χ2v) is 4.37. The van der Waals surface area contributed by atoms with E-state index in [0.29, 0.717) is 19.6 Å². The summed E-state index contributed by atoms with van der Waals surface area (Å²) in [5, 5.41) is 10.5. The number of hydrogen-bond donors (Lipinski definition) is 1. The molecular formula is C12H22O4. The maximum absolute atomic E-state index is 11.9. The van der Waals surface area contributed by atoms with Gasteiger partial charge in [0.25, 0.3) is 0 Å². The summed E-state index contributed by atoms with van der Waals surface area (Å²) in [6.07, 6.45) is 1.82. The fourth-order valence-electron chi connectivity index (χ4n) is 2.43. The number of esters is 1. The topological polar surface area (TPSA) is 55.8 Å².